The van der Waals surface area contributed by atoms with Crippen molar-refractivity contribution >= 4 is 29.1 Å². The molecule has 2 aromatic heterocycles. The van der Waals surface area contributed by atoms with Gasteiger partial charge in [0.1, 0.15) is 5.69 Å². The number of nitrogens with one attached hydrogen (secondary N) is 1. The number of hydrogen-bond donors (Lipinski definition) is 1. The molecule has 132 valence electrons. The monoisotopic (exact) mass is 353 g/mol. The lowest BCUT2D eigenvalue weighted by Crippen LogP contribution is -2.06. The van der Waals surface area contributed by atoms with E-state index in [9.17, 15) is 14.9 Å². The number of fused-ring (bicyclic) bond motifs is 1. The summed E-state index contributed by atoms with van der Waals surface area (Å²) in [5, 5.41) is 22.5. The minimum absolute atomic E-state index is 0.106. The van der Waals surface area contributed by atoms with Crippen LogP contribution >= 0.6 is 0 Å². The molecule has 0 spiro atoms. The van der Waals surface area contributed by atoms with Gasteiger partial charge in [-0.1, -0.05) is 12.1 Å². The minimum atomic E-state index is -0.534. The Hall–Kier alpha value is -3.75. The number of benzene rings is 1. The van der Waals surface area contributed by atoms with Crippen LogP contribution in [-0.4, -0.2) is 32.6 Å². The van der Waals surface area contributed by atoms with E-state index in [0.29, 0.717) is 22.7 Å². The van der Waals surface area contributed by atoms with Crippen LogP contribution < -0.4 is 5.32 Å². The van der Waals surface area contributed by atoms with Gasteiger partial charge in [-0.05, 0) is 29.8 Å². The number of nitro benzene ring substituents is 1. The number of nitrogens with zero attached hydrogens (tertiary/aromatic N) is 4. The molecule has 0 radical (unpaired) electrons. The van der Waals surface area contributed by atoms with Crippen LogP contribution in [0.5, 0.6) is 0 Å². The van der Waals surface area contributed by atoms with Gasteiger partial charge in [0, 0.05) is 18.3 Å². The number of carbonyl (C=O) groups excluding carboxylic acids is 1. The summed E-state index contributed by atoms with van der Waals surface area (Å²) in [5.74, 6) is 0.0955. The Morgan fingerprint density at radius 1 is 1.35 bits per heavy atom. The third-order valence-corrected chi connectivity index (χ3v) is 3.65. The number of rotatable bonds is 6. The fourth-order valence-electron chi connectivity index (χ4n) is 2.37. The fourth-order valence-corrected chi connectivity index (χ4v) is 2.37. The van der Waals surface area contributed by atoms with Crippen LogP contribution in [0.1, 0.15) is 11.4 Å². The van der Waals surface area contributed by atoms with Crippen molar-refractivity contribution in [2.24, 2.45) is 0 Å². The molecule has 0 fully saturated rings. The van der Waals surface area contributed by atoms with Crippen LogP contribution in [-0.2, 0) is 16.1 Å². The number of pyridine rings is 1. The summed E-state index contributed by atoms with van der Waals surface area (Å²) in [4.78, 5) is 22.0. The van der Waals surface area contributed by atoms with Crippen molar-refractivity contribution in [3.05, 3.63) is 70.2 Å². The minimum Gasteiger partial charge on any atom is -0.466 e. The number of anilines is 1. The highest BCUT2D eigenvalue weighted by molar-refractivity contribution is 5.87. The SMILES string of the molecule is COC(=O)/C=C/c1ccc(NCc2nnc3ccccn23)c([N+](=O)[O-])c1. The van der Waals surface area contributed by atoms with Gasteiger partial charge in [0.2, 0.25) is 0 Å². The zero-order valence-electron chi connectivity index (χ0n) is 13.8. The molecule has 2 heterocycles. The van der Waals surface area contributed by atoms with Crippen molar-refractivity contribution < 1.29 is 14.5 Å². The van der Waals surface area contributed by atoms with Crippen LogP contribution in [0, 0.1) is 10.1 Å². The maximum absolute atomic E-state index is 11.4. The van der Waals surface area contributed by atoms with E-state index in [-0.39, 0.29) is 12.2 Å². The van der Waals surface area contributed by atoms with E-state index >= 15 is 0 Å². The molecule has 0 atom stereocenters. The topological polar surface area (TPSA) is 112 Å². The van der Waals surface area contributed by atoms with Crippen LogP contribution in [0.4, 0.5) is 11.4 Å². The van der Waals surface area contributed by atoms with E-state index in [4.69, 9.17) is 0 Å². The molecule has 0 saturated carbocycles. The van der Waals surface area contributed by atoms with Gasteiger partial charge in [0.25, 0.3) is 5.69 Å². The van der Waals surface area contributed by atoms with Gasteiger partial charge in [0.15, 0.2) is 11.5 Å². The van der Waals surface area contributed by atoms with E-state index in [1.807, 2.05) is 24.4 Å². The summed E-state index contributed by atoms with van der Waals surface area (Å²) >= 11 is 0. The Balaban J connectivity index is 1.82. The molecule has 9 heteroatoms. The highest BCUT2D eigenvalue weighted by Crippen LogP contribution is 2.26. The number of hydrogen-bond acceptors (Lipinski definition) is 7. The predicted molar refractivity (Wildman–Crippen MR) is 94.5 cm³/mol. The molecule has 1 N–H and O–H groups in total. The second kappa shape index (κ2) is 7.43. The molecule has 26 heavy (non-hydrogen) atoms. The Morgan fingerprint density at radius 2 is 2.19 bits per heavy atom. The average Bonchev–Trinajstić information content (AvgIpc) is 3.07. The molecule has 0 aliphatic carbocycles. The number of methoxy groups -OCH3 is 1. The highest BCUT2D eigenvalue weighted by atomic mass is 16.6. The normalized spacial score (nSPS) is 11.0. The number of carbonyl (C=O) groups is 1. The first-order valence-corrected chi connectivity index (χ1v) is 7.65. The standard InChI is InChI=1S/C17H15N5O4/c1-26-17(23)8-6-12-5-7-13(14(10-12)22(24)25)18-11-16-20-19-15-4-2-3-9-21(15)16/h2-10,18H,11H2,1H3/b8-6+. The van der Waals surface area contributed by atoms with E-state index in [0.717, 1.165) is 0 Å². The maximum Gasteiger partial charge on any atom is 0.330 e. The second-order valence-corrected chi connectivity index (χ2v) is 5.29. The molecule has 0 amide bonds. The lowest BCUT2D eigenvalue weighted by molar-refractivity contribution is -0.384. The first kappa shape index (κ1) is 17.1. The summed E-state index contributed by atoms with van der Waals surface area (Å²) in [6.07, 6.45) is 4.48. The Labute approximate surface area is 148 Å². The third kappa shape index (κ3) is 3.66. The van der Waals surface area contributed by atoms with Gasteiger partial charge in [-0.15, -0.1) is 10.2 Å². The number of aromatic nitrogens is 3. The Bertz CT molecular complexity index is 996. The highest BCUT2D eigenvalue weighted by Gasteiger charge is 2.15. The molecule has 0 unspecified atom stereocenters. The van der Waals surface area contributed by atoms with Crippen molar-refractivity contribution in [1.82, 2.24) is 14.6 Å². The van der Waals surface area contributed by atoms with Crippen molar-refractivity contribution in [1.29, 1.82) is 0 Å². The van der Waals surface area contributed by atoms with E-state index in [1.54, 1.807) is 16.5 Å². The van der Waals surface area contributed by atoms with E-state index in [1.165, 1.54) is 25.3 Å². The molecular formula is C17H15N5O4. The zero-order chi connectivity index (χ0) is 18.5. The molecule has 0 aliphatic rings. The van der Waals surface area contributed by atoms with Gasteiger partial charge in [0.05, 0.1) is 18.6 Å². The van der Waals surface area contributed by atoms with Crippen molar-refractivity contribution in [2.75, 3.05) is 12.4 Å². The second-order valence-electron chi connectivity index (χ2n) is 5.29. The van der Waals surface area contributed by atoms with Crippen molar-refractivity contribution in [3.63, 3.8) is 0 Å². The largest absolute Gasteiger partial charge is 0.466 e. The third-order valence-electron chi connectivity index (χ3n) is 3.65. The molecule has 0 aliphatic heterocycles. The first-order valence-electron chi connectivity index (χ1n) is 7.65. The molecular weight excluding hydrogens is 338 g/mol. The molecule has 3 rings (SSSR count). The van der Waals surface area contributed by atoms with Gasteiger partial charge < -0.3 is 10.1 Å². The van der Waals surface area contributed by atoms with Crippen LogP contribution in [0.3, 0.4) is 0 Å². The number of esters is 1. The van der Waals surface area contributed by atoms with Gasteiger partial charge in [-0.3, -0.25) is 14.5 Å². The Kier molecular flexibility index (Phi) is 4.88. The zero-order valence-corrected chi connectivity index (χ0v) is 13.8. The lowest BCUT2D eigenvalue weighted by Gasteiger charge is -2.07. The van der Waals surface area contributed by atoms with Gasteiger partial charge in [-0.25, -0.2) is 4.79 Å². The average molecular weight is 353 g/mol. The molecule has 9 nitrogen and oxygen atoms in total. The number of nitro groups is 1. The quantitative estimate of drug-likeness (QED) is 0.313. The summed E-state index contributed by atoms with van der Waals surface area (Å²) in [7, 11) is 1.26. The molecule has 0 bridgehead atoms. The molecule has 1 aromatic carbocycles. The molecule has 3 aromatic rings. The van der Waals surface area contributed by atoms with Crippen LogP contribution in [0.2, 0.25) is 0 Å². The van der Waals surface area contributed by atoms with Crippen LogP contribution in [0.15, 0.2) is 48.7 Å². The maximum atomic E-state index is 11.4. The smallest absolute Gasteiger partial charge is 0.330 e. The van der Waals surface area contributed by atoms with Crippen molar-refractivity contribution in [3.8, 4) is 0 Å². The van der Waals surface area contributed by atoms with Gasteiger partial charge >= 0.3 is 5.97 Å². The molecule has 0 saturated heterocycles. The lowest BCUT2D eigenvalue weighted by atomic mass is 10.1. The van der Waals surface area contributed by atoms with Crippen LogP contribution in [0.25, 0.3) is 11.7 Å². The predicted octanol–water partition coefficient (Wildman–Crippen LogP) is 2.44. The first-order chi connectivity index (χ1) is 12.6. The number of ether oxygens (including phenoxy) is 1. The Morgan fingerprint density at radius 3 is 2.96 bits per heavy atom. The summed E-state index contributed by atoms with van der Waals surface area (Å²) < 4.78 is 6.30. The summed E-state index contributed by atoms with van der Waals surface area (Å²) in [6, 6.07) is 10.2. The summed E-state index contributed by atoms with van der Waals surface area (Å²) in [5.41, 5.74) is 1.45. The van der Waals surface area contributed by atoms with Crippen molar-refractivity contribution in [2.45, 2.75) is 6.54 Å². The van der Waals surface area contributed by atoms with E-state index in [2.05, 4.69) is 20.3 Å². The summed E-state index contributed by atoms with van der Waals surface area (Å²) in [6.45, 7) is 0.267. The fraction of sp³-hybridized carbons (Fsp3) is 0.118. The van der Waals surface area contributed by atoms with Gasteiger partial charge in [-0.2, -0.15) is 0 Å². The van der Waals surface area contributed by atoms with E-state index < -0.39 is 10.9 Å².